The minimum Gasteiger partial charge on any atom is -0.759 e. The Labute approximate surface area is 453 Å². The molecule has 0 aromatic carbocycles. The van der Waals surface area contributed by atoms with E-state index in [4.69, 9.17) is 17.5 Å². The van der Waals surface area contributed by atoms with Crippen LogP contribution in [0.5, 0.6) is 0 Å². The lowest BCUT2D eigenvalue weighted by Crippen LogP contribution is -2.13. The second kappa shape index (κ2) is 61.6. The highest BCUT2D eigenvalue weighted by molar-refractivity contribution is 7.79. The monoisotopic (exact) mass is 1060 g/mol. The van der Waals surface area contributed by atoms with Gasteiger partial charge in [-0.05, 0) is 103 Å². The van der Waals surface area contributed by atoms with Gasteiger partial charge in [-0.1, -0.05) is 261 Å². The van der Waals surface area contributed by atoms with Crippen LogP contribution >= 0.6 is 14.5 Å². The van der Waals surface area contributed by atoms with Crippen LogP contribution in [0.1, 0.15) is 364 Å². The van der Waals surface area contributed by atoms with Crippen LogP contribution in [-0.2, 0) is 10.4 Å². The first kappa shape index (κ1) is 76.0. The Bertz CT molecular complexity index is 932. The Balaban J connectivity index is -0.00000119. The molecule has 0 saturated carbocycles. The van der Waals surface area contributed by atoms with Gasteiger partial charge in [-0.2, -0.15) is 0 Å². The first-order valence-corrected chi connectivity index (χ1v) is 39.2. The third kappa shape index (κ3) is 63.2. The Morgan fingerprint density at radius 1 is 0.197 bits per heavy atom. The van der Waals surface area contributed by atoms with E-state index in [9.17, 15) is 0 Å². The SMILES string of the molecule is CCCCCCCCCCCCCC[P+](CCCCCC)(CCCCCC)CCCCCC.CCCCCCCCCCCCCC[P+](CCCCCC)(CCCCCC)CCCCCC.O=S(=O)([O-])[O-]. The summed E-state index contributed by atoms with van der Waals surface area (Å²) >= 11 is 0. The van der Waals surface area contributed by atoms with Crippen molar-refractivity contribution in [2.75, 3.05) is 49.3 Å². The fraction of sp³-hybridized carbons (Fsp3) is 1.00. The third-order valence-corrected chi connectivity index (χ3v) is 26.0. The molecule has 0 unspecified atom stereocenters. The Hall–Kier alpha value is 0.730. The normalized spacial score (nSPS) is 12.0. The van der Waals surface area contributed by atoms with Crippen LogP contribution in [0.2, 0.25) is 0 Å². The van der Waals surface area contributed by atoms with Crippen molar-refractivity contribution in [1.29, 1.82) is 0 Å². The van der Waals surface area contributed by atoms with Crippen molar-refractivity contribution >= 4 is 24.9 Å². The summed E-state index contributed by atoms with van der Waals surface area (Å²) in [7, 11) is -6.56. The maximum atomic E-state index is 8.52. The molecule has 0 aliphatic carbocycles. The van der Waals surface area contributed by atoms with Crippen molar-refractivity contribution in [3.05, 3.63) is 0 Å². The van der Waals surface area contributed by atoms with Crippen LogP contribution < -0.4 is 0 Å². The minimum absolute atomic E-state index is 0.697. The summed E-state index contributed by atoms with van der Waals surface area (Å²) in [6, 6.07) is 0. The first-order valence-electron chi connectivity index (χ1n) is 32.9. The van der Waals surface area contributed by atoms with Gasteiger partial charge in [-0.3, -0.25) is 8.42 Å². The van der Waals surface area contributed by atoms with Crippen LogP contribution in [0.15, 0.2) is 0 Å². The molecule has 0 N–H and O–H groups in total. The molecule has 0 aliphatic rings. The van der Waals surface area contributed by atoms with E-state index >= 15 is 0 Å². The summed E-state index contributed by atoms with van der Waals surface area (Å²) < 4.78 is 34.1. The van der Waals surface area contributed by atoms with Crippen LogP contribution in [0.4, 0.5) is 0 Å². The van der Waals surface area contributed by atoms with Gasteiger partial charge in [0.05, 0.1) is 49.3 Å². The molecule has 0 aromatic rings. The van der Waals surface area contributed by atoms with E-state index in [0.29, 0.717) is 0 Å². The van der Waals surface area contributed by atoms with Gasteiger partial charge >= 0.3 is 0 Å². The minimum atomic E-state index is -5.17. The maximum absolute atomic E-state index is 8.52. The topological polar surface area (TPSA) is 80.3 Å². The van der Waals surface area contributed by atoms with E-state index in [2.05, 4.69) is 55.4 Å². The predicted molar refractivity (Wildman–Crippen MR) is 330 cm³/mol. The predicted octanol–water partition coefficient (Wildman–Crippen LogP) is 23.6. The number of rotatable bonds is 56. The van der Waals surface area contributed by atoms with Crippen molar-refractivity contribution in [3.63, 3.8) is 0 Å². The van der Waals surface area contributed by atoms with Gasteiger partial charge in [0.1, 0.15) is 0 Å². The molecule has 0 spiro atoms. The lowest BCUT2D eigenvalue weighted by atomic mass is 10.1. The molecular formula is C64H136O4P2S. The van der Waals surface area contributed by atoms with E-state index in [1.165, 1.54) is 257 Å². The van der Waals surface area contributed by atoms with Gasteiger partial charge in [0.15, 0.2) is 0 Å². The maximum Gasteiger partial charge on any atom is 0.0594 e. The summed E-state index contributed by atoms with van der Waals surface area (Å²) in [5.74, 6) is 0. The second-order valence-corrected chi connectivity index (χ2v) is 32.8. The molecule has 432 valence electrons. The summed E-state index contributed by atoms with van der Waals surface area (Å²) in [5.41, 5.74) is 0. The molecule has 0 atom stereocenters. The van der Waals surface area contributed by atoms with Gasteiger partial charge in [0.2, 0.25) is 0 Å². The summed E-state index contributed by atoms with van der Waals surface area (Å²) in [4.78, 5) is 0. The number of hydrogen-bond donors (Lipinski definition) is 0. The fourth-order valence-corrected chi connectivity index (χ4v) is 21.0. The largest absolute Gasteiger partial charge is 0.759 e. The van der Waals surface area contributed by atoms with Crippen molar-refractivity contribution in [2.45, 2.75) is 364 Å². The highest BCUT2D eigenvalue weighted by atomic mass is 32.3. The Morgan fingerprint density at radius 3 is 0.394 bits per heavy atom. The number of hydrogen-bond acceptors (Lipinski definition) is 4. The fourth-order valence-electron chi connectivity index (χ4n) is 11.2. The molecule has 0 bridgehead atoms. The van der Waals surface area contributed by atoms with Crippen LogP contribution in [0.3, 0.4) is 0 Å². The van der Waals surface area contributed by atoms with E-state index < -0.39 is 24.9 Å². The molecule has 0 aromatic heterocycles. The van der Waals surface area contributed by atoms with Crippen molar-refractivity contribution in [2.24, 2.45) is 0 Å². The van der Waals surface area contributed by atoms with Gasteiger partial charge in [0, 0.05) is 24.9 Å². The van der Waals surface area contributed by atoms with Crippen LogP contribution in [0, 0.1) is 0 Å². The lowest BCUT2D eigenvalue weighted by Gasteiger charge is -2.28. The first-order chi connectivity index (χ1) is 34.5. The van der Waals surface area contributed by atoms with Crippen molar-refractivity contribution < 1.29 is 17.5 Å². The lowest BCUT2D eigenvalue weighted by molar-refractivity contribution is 0.352. The molecule has 0 amide bonds. The van der Waals surface area contributed by atoms with Crippen molar-refractivity contribution in [3.8, 4) is 0 Å². The zero-order valence-electron chi connectivity index (χ0n) is 50.5. The van der Waals surface area contributed by atoms with Gasteiger partial charge < -0.3 is 9.11 Å². The van der Waals surface area contributed by atoms with Crippen LogP contribution in [-0.4, -0.2) is 66.8 Å². The average Bonchev–Trinajstić information content (AvgIpc) is 3.35. The molecule has 71 heavy (non-hydrogen) atoms. The smallest absolute Gasteiger partial charge is 0.0594 e. The van der Waals surface area contributed by atoms with E-state index in [-0.39, 0.29) is 0 Å². The zero-order chi connectivity index (χ0) is 53.1. The molecule has 0 rings (SSSR count). The van der Waals surface area contributed by atoms with E-state index in [1.54, 1.807) is 101 Å². The highest BCUT2D eigenvalue weighted by Crippen LogP contribution is 2.62. The molecule has 4 nitrogen and oxygen atoms in total. The number of unbranched alkanes of at least 4 members (excludes halogenated alkanes) is 40. The highest BCUT2D eigenvalue weighted by Gasteiger charge is 2.36. The second-order valence-electron chi connectivity index (χ2n) is 23.0. The quantitative estimate of drug-likeness (QED) is 0.0263. The molecule has 7 heteroatoms. The van der Waals surface area contributed by atoms with Gasteiger partial charge in [-0.25, -0.2) is 0 Å². The average molecular weight is 1060 g/mol. The van der Waals surface area contributed by atoms with Gasteiger partial charge in [-0.15, -0.1) is 0 Å². The Morgan fingerprint density at radius 2 is 0.282 bits per heavy atom. The van der Waals surface area contributed by atoms with Crippen molar-refractivity contribution in [1.82, 2.24) is 0 Å². The zero-order valence-corrected chi connectivity index (χ0v) is 53.1. The standard InChI is InChI=1S/2C32H68P.H2O4S/c2*1-5-9-13-17-18-19-20-21-22-23-24-28-32-33(29-25-14-10-6-2,30-26-15-11-7-3)31-27-16-12-8-4;1-5(2,3)4/h2*5-32H2,1-4H3;(H2,1,2,3,4)/q2*+1;/p-2. The third-order valence-electron chi connectivity index (χ3n) is 15.9. The molecule has 0 saturated heterocycles. The van der Waals surface area contributed by atoms with Crippen LogP contribution in [0.25, 0.3) is 0 Å². The molecule has 0 fully saturated rings. The molecule has 0 heterocycles. The summed E-state index contributed by atoms with van der Waals surface area (Å²) in [6.45, 7) is 18.8. The summed E-state index contributed by atoms with van der Waals surface area (Å²) in [5, 5.41) is 0. The molecule has 0 aliphatic heterocycles. The van der Waals surface area contributed by atoms with Gasteiger partial charge in [0.25, 0.3) is 0 Å². The van der Waals surface area contributed by atoms with E-state index in [0.717, 1.165) is 0 Å². The van der Waals surface area contributed by atoms with E-state index in [1.807, 2.05) is 0 Å². The summed E-state index contributed by atoms with van der Waals surface area (Å²) in [6.07, 6.45) is 84.2. The molecule has 0 radical (unpaired) electrons. The Kier molecular flexibility index (Phi) is 65.9. The molecular weight excluding hydrogens is 927 g/mol.